The van der Waals surface area contributed by atoms with Gasteiger partial charge in [0, 0.05) is 29.8 Å². The highest BCUT2D eigenvalue weighted by molar-refractivity contribution is 7.89. The number of rotatable bonds is 5. The van der Waals surface area contributed by atoms with E-state index in [0.29, 0.717) is 24.0 Å². The Bertz CT molecular complexity index is 1060. The second-order valence-corrected chi connectivity index (χ2v) is 10.5. The van der Waals surface area contributed by atoms with Crippen LogP contribution in [0.15, 0.2) is 59.5 Å². The number of fused-ring (bicyclic) bond motifs is 3. The third-order valence-corrected chi connectivity index (χ3v) is 8.07. The smallest absolute Gasteiger partial charge is 0.240 e. The van der Waals surface area contributed by atoms with Crippen molar-refractivity contribution in [3.05, 3.63) is 70.8 Å². The van der Waals surface area contributed by atoms with Gasteiger partial charge in [0.2, 0.25) is 10.0 Å². The number of nitrogens with one attached hydrogen (secondary N) is 2. The van der Waals surface area contributed by atoms with Gasteiger partial charge in [-0.3, -0.25) is 0 Å². The van der Waals surface area contributed by atoms with E-state index in [-0.39, 0.29) is 18.1 Å². The Balaban J connectivity index is 1.42. The molecule has 4 atom stereocenters. The van der Waals surface area contributed by atoms with Crippen LogP contribution in [0.1, 0.15) is 42.3 Å². The van der Waals surface area contributed by atoms with E-state index in [1.54, 1.807) is 6.07 Å². The summed E-state index contributed by atoms with van der Waals surface area (Å²) in [5, 5.41) is 4.36. The van der Waals surface area contributed by atoms with Gasteiger partial charge in [-0.05, 0) is 66.6 Å². The Labute approximate surface area is 182 Å². The molecule has 1 saturated heterocycles. The van der Waals surface area contributed by atoms with Crippen molar-refractivity contribution in [2.45, 2.75) is 42.2 Å². The molecule has 1 fully saturated rings. The average Bonchev–Trinajstić information content (AvgIpc) is 3.44. The van der Waals surface area contributed by atoms with Crippen LogP contribution in [-0.2, 0) is 14.8 Å². The fourth-order valence-electron chi connectivity index (χ4n) is 4.83. The van der Waals surface area contributed by atoms with Crippen molar-refractivity contribution in [2.24, 2.45) is 5.92 Å². The molecule has 7 heteroatoms. The highest BCUT2D eigenvalue weighted by atomic mass is 35.5. The van der Waals surface area contributed by atoms with Gasteiger partial charge in [0.15, 0.2) is 0 Å². The molecule has 0 bridgehead atoms. The second-order valence-electron chi connectivity index (χ2n) is 8.26. The van der Waals surface area contributed by atoms with Gasteiger partial charge in [0.1, 0.15) is 0 Å². The minimum atomic E-state index is -3.58. The SMILES string of the molecule is O=S(=O)(NCC1CCCO1)c1ccc2c(c1)C1C=CCC1C(c1ccc(Cl)cc1)N2. The maximum atomic E-state index is 12.9. The molecule has 5 rings (SSSR count). The Kier molecular flexibility index (Phi) is 5.35. The van der Waals surface area contributed by atoms with Gasteiger partial charge in [-0.25, -0.2) is 13.1 Å². The van der Waals surface area contributed by atoms with Crippen LogP contribution >= 0.6 is 11.6 Å². The first-order chi connectivity index (χ1) is 14.5. The van der Waals surface area contributed by atoms with E-state index < -0.39 is 10.0 Å². The molecule has 0 spiro atoms. The summed E-state index contributed by atoms with van der Waals surface area (Å²) in [6.07, 6.45) is 7.23. The molecular weight excluding hydrogens is 420 g/mol. The summed E-state index contributed by atoms with van der Waals surface area (Å²) in [6, 6.07) is 13.5. The van der Waals surface area contributed by atoms with Crippen LogP contribution in [0, 0.1) is 5.92 Å². The van der Waals surface area contributed by atoms with Crippen molar-refractivity contribution in [1.82, 2.24) is 4.72 Å². The average molecular weight is 445 g/mol. The zero-order chi connectivity index (χ0) is 20.7. The van der Waals surface area contributed by atoms with E-state index in [9.17, 15) is 8.42 Å². The molecule has 3 aliphatic rings. The van der Waals surface area contributed by atoms with E-state index in [2.05, 4.69) is 34.3 Å². The lowest BCUT2D eigenvalue weighted by molar-refractivity contribution is 0.114. The largest absolute Gasteiger partial charge is 0.378 e. The topological polar surface area (TPSA) is 67.4 Å². The number of benzene rings is 2. The normalized spacial score (nSPS) is 27.5. The number of anilines is 1. The van der Waals surface area contributed by atoms with Gasteiger partial charge in [0.05, 0.1) is 17.0 Å². The first-order valence-electron chi connectivity index (χ1n) is 10.5. The molecule has 158 valence electrons. The molecule has 2 heterocycles. The van der Waals surface area contributed by atoms with E-state index in [0.717, 1.165) is 35.5 Å². The first kappa shape index (κ1) is 20.1. The Hall–Kier alpha value is -1.86. The number of sulfonamides is 1. The highest BCUT2D eigenvalue weighted by Crippen LogP contribution is 2.50. The van der Waals surface area contributed by atoms with Crippen LogP contribution in [-0.4, -0.2) is 27.7 Å². The molecule has 5 nitrogen and oxygen atoms in total. The molecule has 2 N–H and O–H groups in total. The zero-order valence-corrected chi connectivity index (χ0v) is 18.1. The number of hydrogen-bond acceptors (Lipinski definition) is 4. The summed E-state index contributed by atoms with van der Waals surface area (Å²) in [5.74, 6) is 0.534. The molecule has 1 aliphatic carbocycles. The lowest BCUT2D eigenvalue weighted by Gasteiger charge is -2.37. The zero-order valence-electron chi connectivity index (χ0n) is 16.6. The quantitative estimate of drug-likeness (QED) is 0.660. The summed E-state index contributed by atoms with van der Waals surface area (Å²) < 4.78 is 34.0. The van der Waals surface area contributed by atoms with Crippen molar-refractivity contribution < 1.29 is 13.2 Å². The maximum absolute atomic E-state index is 12.9. The van der Waals surface area contributed by atoms with Crippen molar-refractivity contribution in [2.75, 3.05) is 18.5 Å². The van der Waals surface area contributed by atoms with Crippen molar-refractivity contribution in [3.8, 4) is 0 Å². The number of allylic oxidation sites excluding steroid dienone is 2. The van der Waals surface area contributed by atoms with Crippen molar-refractivity contribution in [1.29, 1.82) is 0 Å². The van der Waals surface area contributed by atoms with Crippen LogP contribution in [0.25, 0.3) is 0 Å². The molecule has 2 aromatic rings. The minimum absolute atomic E-state index is 0.0265. The van der Waals surface area contributed by atoms with E-state index in [1.165, 1.54) is 5.56 Å². The van der Waals surface area contributed by atoms with Gasteiger partial charge in [0.25, 0.3) is 0 Å². The highest BCUT2D eigenvalue weighted by Gasteiger charge is 2.38. The fraction of sp³-hybridized carbons (Fsp3) is 0.391. The predicted octanol–water partition coefficient (Wildman–Crippen LogP) is 4.62. The van der Waals surface area contributed by atoms with Gasteiger partial charge in [-0.1, -0.05) is 35.9 Å². The maximum Gasteiger partial charge on any atom is 0.240 e. The minimum Gasteiger partial charge on any atom is -0.378 e. The van der Waals surface area contributed by atoms with Gasteiger partial charge in [-0.2, -0.15) is 0 Å². The second kappa shape index (κ2) is 8.00. The van der Waals surface area contributed by atoms with Crippen molar-refractivity contribution in [3.63, 3.8) is 0 Å². The number of ether oxygens (including phenoxy) is 1. The molecule has 0 amide bonds. The van der Waals surface area contributed by atoms with Gasteiger partial charge < -0.3 is 10.1 Å². The summed E-state index contributed by atoms with van der Waals surface area (Å²) >= 11 is 6.07. The van der Waals surface area contributed by atoms with E-state index in [1.807, 2.05) is 24.3 Å². The Morgan fingerprint density at radius 3 is 2.77 bits per heavy atom. The molecule has 0 saturated carbocycles. The van der Waals surface area contributed by atoms with Gasteiger partial charge >= 0.3 is 0 Å². The molecule has 0 radical (unpaired) electrons. The lowest BCUT2D eigenvalue weighted by atomic mass is 9.77. The Morgan fingerprint density at radius 2 is 2.00 bits per heavy atom. The molecule has 2 aliphatic heterocycles. The monoisotopic (exact) mass is 444 g/mol. The van der Waals surface area contributed by atoms with Crippen molar-refractivity contribution >= 4 is 27.3 Å². The molecule has 30 heavy (non-hydrogen) atoms. The van der Waals surface area contributed by atoms with Crippen LogP contribution in [0.2, 0.25) is 5.02 Å². The number of hydrogen-bond donors (Lipinski definition) is 2. The molecule has 2 aromatic carbocycles. The molecule has 0 aromatic heterocycles. The van der Waals surface area contributed by atoms with E-state index >= 15 is 0 Å². The summed E-state index contributed by atoms with van der Waals surface area (Å²) in [4.78, 5) is 0.310. The summed E-state index contributed by atoms with van der Waals surface area (Å²) in [5.41, 5.74) is 3.22. The van der Waals surface area contributed by atoms with Crippen LogP contribution in [0.5, 0.6) is 0 Å². The predicted molar refractivity (Wildman–Crippen MR) is 118 cm³/mol. The third kappa shape index (κ3) is 3.78. The molecular formula is C23H25ClN2O3S. The van der Waals surface area contributed by atoms with E-state index in [4.69, 9.17) is 16.3 Å². The lowest BCUT2D eigenvalue weighted by Crippen LogP contribution is -2.32. The standard InChI is InChI=1S/C23H25ClN2O3S/c24-16-8-6-15(7-9-16)23-20-5-1-4-19(20)21-13-18(10-11-22(21)26-23)30(27,28)25-14-17-3-2-12-29-17/h1,4,6-11,13,17,19-20,23,25-26H,2-3,5,12,14H2. The summed E-state index contributed by atoms with van der Waals surface area (Å²) in [6.45, 7) is 1.03. The van der Waals surface area contributed by atoms with Crippen LogP contribution in [0.3, 0.4) is 0 Å². The molecule has 4 unspecified atom stereocenters. The first-order valence-corrected chi connectivity index (χ1v) is 12.3. The number of halogens is 1. The fourth-order valence-corrected chi connectivity index (χ4v) is 6.06. The van der Waals surface area contributed by atoms with Gasteiger partial charge in [-0.15, -0.1) is 0 Å². The Morgan fingerprint density at radius 1 is 1.17 bits per heavy atom. The third-order valence-electron chi connectivity index (χ3n) is 6.40. The van der Waals surface area contributed by atoms with Crippen LogP contribution < -0.4 is 10.0 Å². The van der Waals surface area contributed by atoms with Crippen LogP contribution in [0.4, 0.5) is 5.69 Å². The summed E-state index contributed by atoms with van der Waals surface area (Å²) in [7, 11) is -3.58.